The fourth-order valence-corrected chi connectivity index (χ4v) is 3.04. The van der Waals surface area contributed by atoms with Gasteiger partial charge in [-0.2, -0.15) is 0 Å². The molecular weight excluding hydrogens is 300 g/mol. The van der Waals surface area contributed by atoms with E-state index in [2.05, 4.69) is 0 Å². The second-order valence-corrected chi connectivity index (χ2v) is 6.96. The average Bonchev–Trinajstić information content (AvgIpc) is 2.54. The van der Waals surface area contributed by atoms with Crippen molar-refractivity contribution in [3.63, 3.8) is 0 Å². The number of allylic oxidation sites excluding steroid dienone is 4. The van der Waals surface area contributed by atoms with Gasteiger partial charge < -0.3 is 4.74 Å². The van der Waals surface area contributed by atoms with Crippen molar-refractivity contribution < 1.29 is 14.3 Å². The van der Waals surface area contributed by atoms with Gasteiger partial charge in [0, 0.05) is 16.7 Å². The maximum absolute atomic E-state index is 12.8. The Morgan fingerprint density at radius 2 is 1.58 bits per heavy atom. The lowest BCUT2D eigenvalue weighted by molar-refractivity contribution is -0.114. The summed E-state index contributed by atoms with van der Waals surface area (Å²) in [6, 6.07) is 11.6. The molecule has 0 aromatic heterocycles. The van der Waals surface area contributed by atoms with Crippen LogP contribution in [0.2, 0.25) is 0 Å². The van der Waals surface area contributed by atoms with Crippen molar-refractivity contribution in [1.29, 1.82) is 0 Å². The average molecular weight is 320 g/mol. The fraction of sp³-hybridized carbons (Fsp3) is 0.238. The summed E-state index contributed by atoms with van der Waals surface area (Å²) < 4.78 is 5.46. The Bertz CT molecular complexity index is 908. The van der Waals surface area contributed by atoms with E-state index in [-0.39, 0.29) is 17.0 Å². The van der Waals surface area contributed by atoms with Crippen LogP contribution < -0.4 is 4.74 Å². The number of methoxy groups -OCH3 is 1. The molecule has 0 amide bonds. The number of benzene rings is 2. The molecule has 0 atom stereocenters. The van der Waals surface area contributed by atoms with Gasteiger partial charge in [-0.1, -0.05) is 51.1 Å². The first-order chi connectivity index (χ1) is 11.3. The van der Waals surface area contributed by atoms with Gasteiger partial charge in [0.05, 0.1) is 7.11 Å². The summed E-state index contributed by atoms with van der Waals surface area (Å²) in [4.78, 5) is 25.3. The predicted octanol–water partition coefficient (Wildman–Crippen LogP) is 4.36. The zero-order chi connectivity index (χ0) is 17.5. The van der Waals surface area contributed by atoms with Crippen molar-refractivity contribution >= 4 is 27.9 Å². The molecule has 0 radical (unpaired) electrons. The van der Waals surface area contributed by atoms with E-state index in [1.54, 1.807) is 7.11 Å². The largest absolute Gasteiger partial charge is 0.496 e. The molecule has 2 aromatic rings. The molecule has 1 aliphatic carbocycles. The van der Waals surface area contributed by atoms with Crippen molar-refractivity contribution in [3.8, 4) is 5.75 Å². The van der Waals surface area contributed by atoms with Crippen LogP contribution in [0.1, 0.15) is 26.3 Å². The normalized spacial score (nSPS) is 15.3. The highest BCUT2D eigenvalue weighted by Gasteiger charge is 2.30. The molecule has 0 unspecified atom stereocenters. The standard InChI is InChI=1S/C21H20O3/c1-21(2,3)16-12-17(22)15(11-18(16)23)20-14-8-6-5-7-13(14)9-10-19(20)24-4/h5-12H,1-4H3. The molecule has 0 bridgehead atoms. The number of rotatable bonds is 2. The molecule has 3 heteroatoms. The minimum absolute atomic E-state index is 0.118. The van der Waals surface area contributed by atoms with E-state index >= 15 is 0 Å². The first-order valence-electron chi connectivity index (χ1n) is 7.91. The molecule has 0 fully saturated rings. The van der Waals surface area contributed by atoms with E-state index in [1.807, 2.05) is 57.2 Å². The molecule has 0 saturated carbocycles. The third-order valence-corrected chi connectivity index (χ3v) is 4.27. The van der Waals surface area contributed by atoms with Gasteiger partial charge in [-0.25, -0.2) is 0 Å². The molecule has 3 nitrogen and oxygen atoms in total. The van der Waals surface area contributed by atoms with Crippen molar-refractivity contribution in [2.24, 2.45) is 5.41 Å². The lowest BCUT2D eigenvalue weighted by Gasteiger charge is -2.24. The Hall–Kier alpha value is -2.68. The first-order valence-corrected chi connectivity index (χ1v) is 7.91. The van der Waals surface area contributed by atoms with Crippen LogP contribution in [0.3, 0.4) is 0 Å². The van der Waals surface area contributed by atoms with E-state index in [0.717, 1.165) is 10.8 Å². The summed E-state index contributed by atoms with van der Waals surface area (Å²) in [5, 5.41) is 1.90. The number of ketones is 2. The highest BCUT2D eigenvalue weighted by atomic mass is 16.5. The zero-order valence-corrected chi connectivity index (χ0v) is 14.3. The second kappa shape index (κ2) is 5.75. The van der Waals surface area contributed by atoms with Gasteiger partial charge in [-0.05, 0) is 34.4 Å². The van der Waals surface area contributed by atoms with Crippen LogP contribution in [0.15, 0.2) is 54.1 Å². The van der Waals surface area contributed by atoms with Gasteiger partial charge >= 0.3 is 0 Å². The molecule has 122 valence electrons. The summed E-state index contributed by atoms with van der Waals surface area (Å²) in [5.74, 6) is 0.315. The van der Waals surface area contributed by atoms with Gasteiger partial charge in [0.15, 0.2) is 11.6 Å². The van der Waals surface area contributed by atoms with Gasteiger partial charge in [-0.15, -0.1) is 0 Å². The molecule has 1 aliphatic rings. The lowest BCUT2D eigenvalue weighted by atomic mass is 9.78. The van der Waals surface area contributed by atoms with Crippen LogP contribution in [0.5, 0.6) is 5.75 Å². The minimum Gasteiger partial charge on any atom is -0.496 e. The van der Waals surface area contributed by atoms with E-state index in [1.165, 1.54) is 12.2 Å². The topological polar surface area (TPSA) is 43.4 Å². The van der Waals surface area contributed by atoms with Crippen LogP contribution in [0.25, 0.3) is 16.3 Å². The van der Waals surface area contributed by atoms with Crippen LogP contribution >= 0.6 is 0 Å². The van der Waals surface area contributed by atoms with Crippen molar-refractivity contribution in [1.82, 2.24) is 0 Å². The van der Waals surface area contributed by atoms with E-state index < -0.39 is 0 Å². The summed E-state index contributed by atoms with van der Waals surface area (Å²) in [6.45, 7) is 5.80. The molecule has 0 heterocycles. The molecule has 0 N–H and O–H groups in total. The smallest absolute Gasteiger partial charge is 0.187 e. The van der Waals surface area contributed by atoms with E-state index in [0.29, 0.717) is 22.5 Å². The third kappa shape index (κ3) is 2.67. The van der Waals surface area contributed by atoms with Crippen LogP contribution in [0, 0.1) is 5.41 Å². The van der Waals surface area contributed by atoms with Crippen LogP contribution in [-0.2, 0) is 9.59 Å². The van der Waals surface area contributed by atoms with E-state index in [9.17, 15) is 9.59 Å². The molecule has 0 spiro atoms. The quantitative estimate of drug-likeness (QED) is 0.772. The van der Waals surface area contributed by atoms with Crippen LogP contribution in [-0.4, -0.2) is 18.7 Å². The highest BCUT2D eigenvalue weighted by molar-refractivity contribution is 6.37. The highest BCUT2D eigenvalue weighted by Crippen LogP contribution is 2.38. The molecular formula is C21H20O3. The number of hydrogen-bond acceptors (Lipinski definition) is 3. The molecule has 24 heavy (non-hydrogen) atoms. The van der Waals surface area contributed by atoms with E-state index in [4.69, 9.17) is 4.74 Å². The monoisotopic (exact) mass is 320 g/mol. The Morgan fingerprint density at radius 1 is 0.875 bits per heavy atom. The third-order valence-electron chi connectivity index (χ3n) is 4.27. The minimum atomic E-state index is -0.363. The van der Waals surface area contributed by atoms with Crippen molar-refractivity contribution in [3.05, 3.63) is 59.7 Å². The molecule has 2 aromatic carbocycles. The Labute approximate surface area is 141 Å². The second-order valence-electron chi connectivity index (χ2n) is 6.96. The fourth-order valence-electron chi connectivity index (χ4n) is 3.04. The maximum Gasteiger partial charge on any atom is 0.187 e. The van der Waals surface area contributed by atoms with Gasteiger partial charge in [0.1, 0.15) is 5.75 Å². The SMILES string of the molecule is COc1ccc2ccccc2c1C1=CC(=O)C(C(C)(C)C)=CC1=O. The number of carbonyl (C=O) groups excluding carboxylic acids is 2. The summed E-state index contributed by atoms with van der Waals surface area (Å²) in [6.07, 6.45) is 2.92. The molecule has 0 saturated heterocycles. The number of ether oxygens (including phenoxy) is 1. The summed E-state index contributed by atoms with van der Waals surface area (Å²) in [7, 11) is 1.57. The van der Waals surface area contributed by atoms with Crippen molar-refractivity contribution in [2.45, 2.75) is 20.8 Å². The summed E-state index contributed by atoms with van der Waals surface area (Å²) >= 11 is 0. The zero-order valence-electron chi connectivity index (χ0n) is 14.3. The number of hydrogen-bond donors (Lipinski definition) is 0. The lowest BCUT2D eigenvalue weighted by Crippen LogP contribution is -2.22. The van der Waals surface area contributed by atoms with Crippen LogP contribution in [0.4, 0.5) is 0 Å². The molecule has 0 aliphatic heterocycles. The molecule has 3 rings (SSSR count). The number of carbonyl (C=O) groups is 2. The summed E-state index contributed by atoms with van der Waals surface area (Å²) in [5.41, 5.74) is 1.24. The first kappa shape index (κ1) is 16.2. The Balaban J connectivity index is 2.22. The van der Waals surface area contributed by atoms with Gasteiger partial charge in [0.2, 0.25) is 0 Å². The van der Waals surface area contributed by atoms with Crippen molar-refractivity contribution in [2.75, 3.05) is 7.11 Å². The number of fused-ring (bicyclic) bond motifs is 1. The van der Waals surface area contributed by atoms with Gasteiger partial charge in [-0.3, -0.25) is 9.59 Å². The Kier molecular flexibility index (Phi) is 3.88. The Morgan fingerprint density at radius 3 is 2.25 bits per heavy atom. The van der Waals surface area contributed by atoms with Gasteiger partial charge in [0.25, 0.3) is 0 Å². The maximum atomic E-state index is 12.8. The predicted molar refractivity (Wildman–Crippen MR) is 96.0 cm³/mol.